The molecule has 3 N–H and O–H groups in total. The molecule has 3 nitrogen and oxygen atoms in total. The van der Waals surface area contributed by atoms with Crippen LogP contribution in [0.4, 0.5) is 0 Å². The van der Waals surface area contributed by atoms with Gasteiger partial charge >= 0.3 is 0 Å². The molecule has 0 amide bonds. The molecule has 2 rings (SSSR count). The lowest BCUT2D eigenvalue weighted by Crippen LogP contribution is -2.29. The van der Waals surface area contributed by atoms with Gasteiger partial charge in [0, 0.05) is 11.3 Å². The van der Waals surface area contributed by atoms with Gasteiger partial charge < -0.3 is 4.74 Å². The van der Waals surface area contributed by atoms with Crippen LogP contribution in [0.5, 0.6) is 5.75 Å². The summed E-state index contributed by atoms with van der Waals surface area (Å²) in [5.41, 5.74) is 5.14. The highest BCUT2D eigenvalue weighted by Gasteiger charge is 2.13. The van der Waals surface area contributed by atoms with Gasteiger partial charge in [-0.3, -0.25) is 11.3 Å². The molecule has 19 heavy (non-hydrogen) atoms. The van der Waals surface area contributed by atoms with E-state index < -0.39 is 0 Å². The first-order valence-corrected chi connectivity index (χ1v) is 7.60. The van der Waals surface area contributed by atoms with Crippen molar-refractivity contribution in [2.75, 3.05) is 7.11 Å². The molecule has 0 radical (unpaired) electrons. The van der Waals surface area contributed by atoms with Gasteiger partial charge in [0.05, 0.1) is 16.9 Å². The molecule has 0 aliphatic carbocycles. The number of methoxy groups -OCH3 is 1. The summed E-state index contributed by atoms with van der Waals surface area (Å²) in [5, 5.41) is 0. The third-order valence-corrected chi connectivity index (χ3v) is 4.72. The molecule has 0 spiro atoms. The number of thiophene rings is 1. The van der Waals surface area contributed by atoms with Crippen molar-refractivity contribution < 1.29 is 4.74 Å². The van der Waals surface area contributed by atoms with Crippen molar-refractivity contribution in [1.82, 2.24) is 5.43 Å². The Morgan fingerprint density at radius 3 is 2.74 bits per heavy atom. The van der Waals surface area contributed by atoms with Crippen molar-refractivity contribution >= 4 is 27.3 Å². The van der Waals surface area contributed by atoms with E-state index in [2.05, 4.69) is 45.6 Å². The van der Waals surface area contributed by atoms with E-state index >= 15 is 0 Å². The Bertz CT molecular complexity index is 556. The number of nitrogens with one attached hydrogen (secondary N) is 1. The molecule has 0 saturated carbocycles. The molecule has 102 valence electrons. The Labute approximate surface area is 125 Å². The smallest absolute Gasteiger partial charge is 0.122 e. The highest BCUT2D eigenvalue weighted by molar-refractivity contribution is 9.11. The Hall–Kier alpha value is -0.880. The minimum absolute atomic E-state index is 0.0834. The van der Waals surface area contributed by atoms with Crippen molar-refractivity contribution in [1.29, 1.82) is 0 Å². The molecule has 2 aromatic rings. The van der Waals surface area contributed by atoms with E-state index in [4.69, 9.17) is 10.6 Å². The molecule has 1 aromatic heterocycles. The van der Waals surface area contributed by atoms with Crippen LogP contribution in [0.25, 0.3) is 0 Å². The SMILES string of the molecule is COc1cc(C(Cc2ccc(Br)s2)NN)ccc1C. The van der Waals surface area contributed by atoms with Gasteiger partial charge in [-0.1, -0.05) is 12.1 Å². The third kappa shape index (κ3) is 3.57. The summed E-state index contributed by atoms with van der Waals surface area (Å²) >= 11 is 5.21. The Balaban J connectivity index is 2.21. The monoisotopic (exact) mass is 340 g/mol. The number of hydrogen-bond acceptors (Lipinski definition) is 4. The molecule has 0 aliphatic heterocycles. The fourth-order valence-electron chi connectivity index (χ4n) is 1.99. The zero-order valence-electron chi connectivity index (χ0n) is 10.9. The van der Waals surface area contributed by atoms with Crippen molar-refractivity contribution in [3.05, 3.63) is 50.1 Å². The molecule has 1 aromatic carbocycles. The number of benzene rings is 1. The maximum absolute atomic E-state index is 5.69. The van der Waals surface area contributed by atoms with Gasteiger partial charge in [0.2, 0.25) is 0 Å². The predicted octanol–water partition coefficient (Wildman–Crippen LogP) is 3.57. The van der Waals surface area contributed by atoms with E-state index in [-0.39, 0.29) is 6.04 Å². The zero-order valence-corrected chi connectivity index (χ0v) is 13.3. The average molecular weight is 341 g/mol. The van der Waals surface area contributed by atoms with Crippen LogP contribution in [-0.4, -0.2) is 7.11 Å². The maximum Gasteiger partial charge on any atom is 0.122 e. The molecule has 1 heterocycles. The second-order valence-electron chi connectivity index (χ2n) is 4.36. The van der Waals surface area contributed by atoms with E-state index in [0.717, 1.165) is 27.1 Å². The predicted molar refractivity (Wildman–Crippen MR) is 83.5 cm³/mol. The number of nitrogens with two attached hydrogens (primary N) is 1. The number of rotatable bonds is 5. The fraction of sp³-hybridized carbons (Fsp3) is 0.286. The quantitative estimate of drug-likeness (QED) is 0.646. The van der Waals surface area contributed by atoms with Gasteiger partial charge in [0.1, 0.15) is 5.75 Å². The number of hydrazine groups is 1. The van der Waals surface area contributed by atoms with Crippen LogP contribution < -0.4 is 16.0 Å². The van der Waals surface area contributed by atoms with Crippen LogP contribution in [0.3, 0.4) is 0 Å². The van der Waals surface area contributed by atoms with E-state index in [1.54, 1.807) is 18.4 Å². The lowest BCUT2D eigenvalue weighted by molar-refractivity contribution is 0.410. The Kier molecular flexibility index (Phi) is 4.99. The molecule has 0 saturated heterocycles. The van der Waals surface area contributed by atoms with Crippen molar-refractivity contribution in [3.63, 3.8) is 0 Å². The van der Waals surface area contributed by atoms with Crippen molar-refractivity contribution in [3.8, 4) is 5.75 Å². The first-order chi connectivity index (χ1) is 9.13. The molecule has 5 heteroatoms. The van der Waals surface area contributed by atoms with E-state index in [1.165, 1.54) is 4.88 Å². The first-order valence-electron chi connectivity index (χ1n) is 5.99. The second-order valence-corrected chi connectivity index (χ2v) is 6.91. The van der Waals surface area contributed by atoms with Crippen LogP contribution in [-0.2, 0) is 6.42 Å². The summed E-state index contributed by atoms with van der Waals surface area (Å²) in [7, 11) is 1.69. The second kappa shape index (κ2) is 6.52. The Morgan fingerprint density at radius 2 is 2.16 bits per heavy atom. The Morgan fingerprint density at radius 1 is 1.37 bits per heavy atom. The highest BCUT2D eigenvalue weighted by atomic mass is 79.9. The normalized spacial score (nSPS) is 12.4. The first kappa shape index (κ1) is 14.5. The number of hydrogen-bond donors (Lipinski definition) is 2. The molecule has 1 atom stereocenters. The standard InChI is InChI=1S/C14H17BrN2OS/c1-9-3-4-10(7-13(9)18-2)12(17-16)8-11-5-6-14(15)19-11/h3-7,12,17H,8,16H2,1-2H3. The highest BCUT2D eigenvalue weighted by Crippen LogP contribution is 2.29. The fourth-order valence-corrected chi connectivity index (χ4v) is 3.52. The van der Waals surface area contributed by atoms with E-state index in [0.29, 0.717) is 0 Å². The van der Waals surface area contributed by atoms with E-state index in [9.17, 15) is 0 Å². The molecule has 0 aliphatic rings. The molecular formula is C14H17BrN2OS. The van der Waals surface area contributed by atoms with Crippen LogP contribution in [0.2, 0.25) is 0 Å². The molecular weight excluding hydrogens is 324 g/mol. The van der Waals surface area contributed by atoms with Gasteiger partial charge in [-0.15, -0.1) is 11.3 Å². The van der Waals surface area contributed by atoms with Gasteiger partial charge in [0.25, 0.3) is 0 Å². The summed E-state index contributed by atoms with van der Waals surface area (Å²) in [6, 6.07) is 10.4. The third-order valence-electron chi connectivity index (χ3n) is 3.07. The largest absolute Gasteiger partial charge is 0.496 e. The number of ether oxygens (including phenoxy) is 1. The molecule has 1 unspecified atom stereocenters. The summed E-state index contributed by atoms with van der Waals surface area (Å²) in [5.74, 6) is 6.58. The number of aryl methyl sites for hydroxylation is 1. The summed E-state index contributed by atoms with van der Waals surface area (Å²) in [6.07, 6.45) is 0.860. The van der Waals surface area contributed by atoms with Gasteiger partial charge in [-0.05, 0) is 52.2 Å². The molecule has 0 fully saturated rings. The summed E-state index contributed by atoms with van der Waals surface area (Å²) in [4.78, 5) is 1.29. The van der Waals surface area contributed by atoms with Crippen LogP contribution in [0.15, 0.2) is 34.1 Å². The van der Waals surface area contributed by atoms with Gasteiger partial charge in [0.15, 0.2) is 0 Å². The minimum atomic E-state index is 0.0834. The zero-order chi connectivity index (χ0) is 13.8. The van der Waals surface area contributed by atoms with E-state index in [1.807, 2.05) is 13.0 Å². The van der Waals surface area contributed by atoms with Gasteiger partial charge in [-0.2, -0.15) is 0 Å². The topological polar surface area (TPSA) is 47.3 Å². The number of halogens is 1. The minimum Gasteiger partial charge on any atom is -0.496 e. The van der Waals surface area contributed by atoms with Crippen molar-refractivity contribution in [2.45, 2.75) is 19.4 Å². The lowest BCUT2D eigenvalue weighted by atomic mass is 10.0. The maximum atomic E-state index is 5.69. The van der Waals surface area contributed by atoms with Gasteiger partial charge in [-0.25, -0.2) is 0 Å². The van der Waals surface area contributed by atoms with Crippen LogP contribution >= 0.6 is 27.3 Å². The van der Waals surface area contributed by atoms with Crippen molar-refractivity contribution in [2.24, 2.45) is 5.84 Å². The summed E-state index contributed by atoms with van der Waals surface area (Å²) < 4.78 is 6.50. The van der Waals surface area contributed by atoms with Crippen LogP contribution in [0.1, 0.15) is 22.0 Å². The summed E-state index contributed by atoms with van der Waals surface area (Å²) in [6.45, 7) is 2.03. The van der Waals surface area contributed by atoms with Crippen LogP contribution in [0, 0.1) is 6.92 Å². The molecule has 0 bridgehead atoms. The lowest BCUT2D eigenvalue weighted by Gasteiger charge is -2.17. The average Bonchev–Trinajstić information content (AvgIpc) is 2.82.